The zero-order valence-electron chi connectivity index (χ0n) is 16.4. The molecule has 0 spiro atoms. The van der Waals surface area contributed by atoms with Crippen molar-refractivity contribution in [2.45, 2.75) is 13.5 Å². The predicted molar refractivity (Wildman–Crippen MR) is 129 cm³/mol. The number of hydrogen-bond acceptors (Lipinski definition) is 4. The second-order valence-electron chi connectivity index (χ2n) is 6.90. The Morgan fingerprint density at radius 1 is 1.06 bits per heavy atom. The van der Waals surface area contributed by atoms with Crippen molar-refractivity contribution in [2.75, 3.05) is 0 Å². The van der Waals surface area contributed by atoms with Crippen molar-refractivity contribution < 1.29 is 14.3 Å². The van der Waals surface area contributed by atoms with Crippen LogP contribution in [0, 0.1) is 6.92 Å². The minimum absolute atomic E-state index is 0.193. The highest BCUT2D eigenvalue weighted by Gasteiger charge is 2.25. The molecule has 0 aromatic heterocycles. The highest BCUT2D eigenvalue weighted by atomic mass is 79.9. The van der Waals surface area contributed by atoms with Gasteiger partial charge in [-0.15, -0.1) is 0 Å². The van der Waals surface area contributed by atoms with Crippen LogP contribution in [0.1, 0.15) is 22.3 Å². The van der Waals surface area contributed by atoms with E-state index in [-0.39, 0.29) is 11.6 Å². The molecule has 3 aromatic carbocycles. The van der Waals surface area contributed by atoms with E-state index < -0.39 is 5.97 Å². The number of carbonyl (C=O) groups is 1. The molecular weight excluding hydrogens is 546 g/mol. The van der Waals surface area contributed by atoms with E-state index in [9.17, 15) is 4.79 Å². The van der Waals surface area contributed by atoms with Crippen LogP contribution in [0.3, 0.4) is 0 Å². The Bertz CT molecular complexity index is 1200. The van der Waals surface area contributed by atoms with E-state index in [0.717, 1.165) is 20.1 Å². The summed E-state index contributed by atoms with van der Waals surface area (Å²) in [5.74, 6) is 0.344. The van der Waals surface area contributed by atoms with Crippen molar-refractivity contribution >= 4 is 61.4 Å². The molecule has 0 amide bonds. The molecule has 0 saturated carbocycles. The van der Waals surface area contributed by atoms with E-state index in [4.69, 9.17) is 21.1 Å². The largest absolute Gasteiger partial charge is 0.487 e. The lowest BCUT2D eigenvalue weighted by molar-refractivity contribution is -0.129. The van der Waals surface area contributed by atoms with Crippen molar-refractivity contribution in [3.8, 4) is 5.75 Å². The number of hydrogen-bond donors (Lipinski definition) is 0. The molecule has 0 saturated heterocycles. The Balaban J connectivity index is 1.56. The first kappa shape index (κ1) is 21.8. The van der Waals surface area contributed by atoms with Crippen molar-refractivity contribution in [3.05, 3.63) is 103 Å². The highest BCUT2D eigenvalue weighted by molar-refractivity contribution is 9.11. The number of ether oxygens (including phenoxy) is 2. The van der Waals surface area contributed by atoms with Crippen LogP contribution >= 0.6 is 43.5 Å². The topological polar surface area (TPSA) is 47.9 Å². The van der Waals surface area contributed by atoms with E-state index in [1.54, 1.807) is 24.3 Å². The average Bonchev–Trinajstić information content (AvgIpc) is 3.09. The fraction of sp³-hybridized carbons (Fsp3) is 0.0833. The minimum Gasteiger partial charge on any atom is -0.487 e. The minimum atomic E-state index is -0.526. The Labute approximate surface area is 201 Å². The lowest BCUT2D eigenvalue weighted by Crippen LogP contribution is -2.05. The second-order valence-corrected chi connectivity index (χ2v) is 9.02. The van der Waals surface area contributed by atoms with Crippen molar-refractivity contribution in [1.82, 2.24) is 0 Å². The van der Waals surface area contributed by atoms with Gasteiger partial charge >= 0.3 is 5.97 Å². The number of esters is 1. The van der Waals surface area contributed by atoms with E-state index in [0.29, 0.717) is 22.9 Å². The molecule has 1 aliphatic heterocycles. The van der Waals surface area contributed by atoms with Gasteiger partial charge in [-0.3, -0.25) is 0 Å². The van der Waals surface area contributed by atoms with Gasteiger partial charge < -0.3 is 9.47 Å². The van der Waals surface area contributed by atoms with Crippen LogP contribution < -0.4 is 4.74 Å². The van der Waals surface area contributed by atoms with Crippen LogP contribution in [0.5, 0.6) is 5.75 Å². The van der Waals surface area contributed by atoms with Gasteiger partial charge in [0, 0.05) is 0 Å². The quantitative estimate of drug-likeness (QED) is 0.247. The molecule has 1 heterocycles. The van der Waals surface area contributed by atoms with Gasteiger partial charge in [-0.2, -0.15) is 0 Å². The van der Waals surface area contributed by atoms with Crippen molar-refractivity contribution in [1.29, 1.82) is 0 Å². The van der Waals surface area contributed by atoms with Gasteiger partial charge in [0.1, 0.15) is 12.4 Å². The highest BCUT2D eigenvalue weighted by Crippen LogP contribution is 2.36. The number of benzene rings is 3. The summed E-state index contributed by atoms with van der Waals surface area (Å²) in [6.07, 6.45) is 1.66. The summed E-state index contributed by atoms with van der Waals surface area (Å²) in [6.45, 7) is 2.49. The molecule has 0 atom stereocenters. The number of aryl methyl sites for hydroxylation is 1. The number of nitrogens with zero attached hydrogens (tertiary/aromatic N) is 1. The summed E-state index contributed by atoms with van der Waals surface area (Å²) >= 11 is 13.3. The first-order valence-corrected chi connectivity index (χ1v) is 11.3. The van der Waals surface area contributed by atoms with E-state index >= 15 is 0 Å². The maximum absolute atomic E-state index is 12.3. The van der Waals surface area contributed by atoms with Gasteiger partial charge in [0.2, 0.25) is 5.90 Å². The SMILES string of the molecule is Cc1ccc(COc2c(Br)cc(/C=C3\N=C(c4ccccc4Cl)OC3=O)cc2Br)cc1. The lowest BCUT2D eigenvalue weighted by Gasteiger charge is -2.11. The summed E-state index contributed by atoms with van der Waals surface area (Å²) in [5.41, 5.74) is 3.81. The van der Waals surface area contributed by atoms with Gasteiger partial charge in [-0.05, 0) is 80.3 Å². The Morgan fingerprint density at radius 3 is 2.42 bits per heavy atom. The van der Waals surface area contributed by atoms with E-state index in [1.165, 1.54) is 5.56 Å². The third kappa shape index (κ3) is 5.09. The van der Waals surface area contributed by atoms with Crippen LogP contribution in [0.15, 0.2) is 80.3 Å². The molecule has 0 aliphatic carbocycles. The van der Waals surface area contributed by atoms with E-state index in [1.807, 2.05) is 37.3 Å². The molecule has 156 valence electrons. The monoisotopic (exact) mass is 559 g/mol. The van der Waals surface area contributed by atoms with Gasteiger partial charge in [-0.25, -0.2) is 9.79 Å². The number of aliphatic imine (C=N–C) groups is 1. The standard InChI is InChI=1S/C24H16Br2ClNO3/c1-14-6-8-15(9-7-14)13-30-22-18(25)10-16(11-19(22)26)12-21-24(29)31-23(28-21)17-4-2-3-5-20(17)27/h2-12H,13H2,1H3/b21-12-. The molecule has 4 nitrogen and oxygen atoms in total. The second kappa shape index (κ2) is 9.39. The number of halogens is 3. The molecular formula is C24H16Br2ClNO3. The van der Waals surface area contributed by atoms with Crippen molar-refractivity contribution in [3.63, 3.8) is 0 Å². The molecule has 0 unspecified atom stereocenters. The molecule has 0 N–H and O–H groups in total. The zero-order valence-corrected chi connectivity index (χ0v) is 20.3. The smallest absolute Gasteiger partial charge is 0.363 e. The third-order valence-electron chi connectivity index (χ3n) is 4.55. The van der Waals surface area contributed by atoms with Crippen LogP contribution in [-0.2, 0) is 16.1 Å². The summed E-state index contributed by atoms with van der Waals surface area (Å²) < 4.78 is 12.8. The normalized spacial score (nSPS) is 14.5. The Hall–Kier alpha value is -2.41. The Kier molecular flexibility index (Phi) is 6.60. The molecule has 31 heavy (non-hydrogen) atoms. The molecule has 7 heteroatoms. The summed E-state index contributed by atoms with van der Waals surface area (Å²) in [6, 6.07) is 19.0. The third-order valence-corrected chi connectivity index (χ3v) is 6.06. The maximum Gasteiger partial charge on any atom is 0.363 e. The summed E-state index contributed by atoms with van der Waals surface area (Å²) in [7, 11) is 0. The first-order valence-electron chi connectivity index (χ1n) is 9.35. The fourth-order valence-electron chi connectivity index (χ4n) is 2.96. The molecule has 0 fully saturated rings. The molecule has 4 rings (SSSR count). The van der Waals surface area contributed by atoms with Gasteiger partial charge in [0.15, 0.2) is 5.70 Å². The van der Waals surface area contributed by atoms with Crippen LogP contribution in [-0.4, -0.2) is 11.9 Å². The molecule has 1 aliphatic rings. The Morgan fingerprint density at radius 2 is 1.74 bits per heavy atom. The van der Waals surface area contributed by atoms with Gasteiger partial charge in [-0.1, -0.05) is 53.6 Å². The number of carbonyl (C=O) groups excluding carboxylic acids is 1. The first-order chi connectivity index (χ1) is 14.9. The van der Waals surface area contributed by atoms with Crippen LogP contribution in [0.25, 0.3) is 6.08 Å². The molecule has 0 bridgehead atoms. The van der Waals surface area contributed by atoms with Gasteiger partial charge in [0.05, 0.1) is 19.5 Å². The number of rotatable bonds is 5. The summed E-state index contributed by atoms with van der Waals surface area (Å²) in [5, 5.41) is 0.468. The molecule has 0 radical (unpaired) electrons. The van der Waals surface area contributed by atoms with Crippen LogP contribution in [0.2, 0.25) is 5.02 Å². The van der Waals surface area contributed by atoms with Gasteiger partial charge in [0.25, 0.3) is 0 Å². The average molecular weight is 562 g/mol. The predicted octanol–water partition coefficient (Wildman–Crippen LogP) is 7.10. The van der Waals surface area contributed by atoms with E-state index in [2.05, 4.69) is 49.0 Å². The van der Waals surface area contributed by atoms with Crippen LogP contribution in [0.4, 0.5) is 0 Å². The fourth-order valence-corrected chi connectivity index (χ4v) is 4.62. The maximum atomic E-state index is 12.3. The number of cyclic esters (lactones) is 1. The molecule has 3 aromatic rings. The zero-order chi connectivity index (χ0) is 22.0. The lowest BCUT2D eigenvalue weighted by atomic mass is 10.1. The summed E-state index contributed by atoms with van der Waals surface area (Å²) in [4.78, 5) is 16.6. The van der Waals surface area contributed by atoms with Crippen molar-refractivity contribution in [2.24, 2.45) is 4.99 Å².